The highest BCUT2D eigenvalue weighted by Crippen LogP contribution is 2.28. The number of nitrogens with zero attached hydrogens (tertiary/aromatic N) is 2. The summed E-state index contributed by atoms with van der Waals surface area (Å²) in [7, 11) is 0. The molecule has 0 unspecified atom stereocenters. The molecule has 0 saturated carbocycles. The van der Waals surface area contributed by atoms with Crippen LogP contribution in [0.15, 0.2) is 48.8 Å². The van der Waals surface area contributed by atoms with Crippen LogP contribution in [0.5, 0.6) is 0 Å². The van der Waals surface area contributed by atoms with E-state index in [1.807, 2.05) is 12.4 Å². The average molecular weight is 437 g/mol. The standard InChI is InChI=1S/C27H28N6/c1-17-11-24(29-14-17)27-31-16-25(33-27)21-8-7-19-12-18(4-6-20(19)13-21)5-9-22-15-30-26(32-22)23-3-2-10-28-23/h4,6-8,12-13,15-17,23-24,28-29H,2-3,10-11,14H2,1H3,(H,30,32)(H,31,33)/t17-,23-,24-/m0/s1. The van der Waals surface area contributed by atoms with Crippen molar-refractivity contribution >= 4 is 10.8 Å². The van der Waals surface area contributed by atoms with Gasteiger partial charge in [0.2, 0.25) is 0 Å². The Morgan fingerprint density at radius 2 is 1.73 bits per heavy atom. The van der Waals surface area contributed by atoms with Crippen molar-refractivity contribution in [1.82, 2.24) is 30.6 Å². The number of hydrogen-bond acceptors (Lipinski definition) is 4. The third-order valence-electron chi connectivity index (χ3n) is 6.75. The van der Waals surface area contributed by atoms with E-state index in [1.165, 1.54) is 17.2 Å². The Labute approximate surface area is 193 Å². The van der Waals surface area contributed by atoms with Gasteiger partial charge in [-0.15, -0.1) is 0 Å². The van der Waals surface area contributed by atoms with Crippen LogP contribution >= 0.6 is 0 Å². The molecular formula is C27H28N6. The van der Waals surface area contributed by atoms with Crippen LogP contribution in [0.2, 0.25) is 0 Å². The molecule has 0 spiro atoms. The summed E-state index contributed by atoms with van der Waals surface area (Å²) in [5.41, 5.74) is 4.06. The summed E-state index contributed by atoms with van der Waals surface area (Å²) in [6, 6.07) is 13.5. The van der Waals surface area contributed by atoms with E-state index in [0.29, 0.717) is 18.0 Å². The highest BCUT2D eigenvalue weighted by atomic mass is 15.0. The third-order valence-corrected chi connectivity index (χ3v) is 6.75. The van der Waals surface area contributed by atoms with E-state index in [2.05, 4.69) is 85.7 Å². The minimum Gasteiger partial charge on any atom is -0.341 e. The van der Waals surface area contributed by atoms with E-state index in [9.17, 15) is 0 Å². The Morgan fingerprint density at radius 3 is 2.58 bits per heavy atom. The number of imidazole rings is 2. The van der Waals surface area contributed by atoms with E-state index in [4.69, 9.17) is 0 Å². The number of benzene rings is 2. The van der Waals surface area contributed by atoms with Crippen molar-refractivity contribution in [3.8, 4) is 23.1 Å². The molecule has 3 atom stereocenters. The molecule has 0 radical (unpaired) electrons. The van der Waals surface area contributed by atoms with Gasteiger partial charge in [0.05, 0.1) is 30.2 Å². The molecule has 2 aromatic carbocycles. The van der Waals surface area contributed by atoms with Crippen molar-refractivity contribution in [2.45, 2.75) is 38.3 Å². The van der Waals surface area contributed by atoms with Crippen LogP contribution in [0.25, 0.3) is 22.0 Å². The quantitative estimate of drug-likeness (QED) is 0.358. The predicted molar refractivity (Wildman–Crippen MR) is 131 cm³/mol. The number of rotatable bonds is 3. The second-order valence-corrected chi connectivity index (χ2v) is 9.34. The van der Waals surface area contributed by atoms with Crippen LogP contribution in [0.1, 0.15) is 61.2 Å². The number of fused-ring (bicyclic) bond motifs is 1. The summed E-state index contributed by atoms with van der Waals surface area (Å²) >= 11 is 0. The van der Waals surface area contributed by atoms with Gasteiger partial charge >= 0.3 is 0 Å². The zero-order chi connectivity index (χ0) is 22.2. The van der Waals surface area contributed by atoms with E-state index in [-0.39, 0.29) is 0 Å². The van der Waals surface area contributed by atoms with Crippen molar-refractivity contribution in [2.75, 3.05) is 13.1 Å². The summed E-state index contributed by atoms with van der Waals surface area (Å²) in [4.78, 5) is 16.0. The largest absolute Gasteiger partial charge is 0.341 e. The SMILES string of the molecule is C[C@@H]1CN[C@H](c2ncc(-c3ccc4cc(C#Cc5cnc([C@@H]6CCCN6)[nH]5)ccc4c3)[nH]2)C1. The molecule has 4 aromatic rings. The zero-order valence-corrected chi connectivity index (χ0v) is 18.8. The molecule has 166 valence electrons. The highest BCUT2D eigenvalue weighted by molar-refractivity contribution is 5.88. The van der Waals surface area contributed by atoms with Crippen molar-refractivity contribution in [1.29, 1.82) is 0 Å². The second kappa shape index (κ2) is 8.51. The lowest BCUT2D eigenvalue weighted by Gasteiger charge is -2.06. The fraction of sp³-hybridized carbons (Fsp3) is 0.333. The lowest BCUT2D eigenvalue weighted by atomic mass is 10.0. The monoisotopic (exact) mass is 436 g/mol. The molecule has 6 heteroatoms. The smallest absolute Gasteiger partial charge is 0.124 e. The van der Waals surface area contributed by atoms with Crippen LogP contribution < -0.4 is 10.6 Å². The van der Waals surface area contributed by atoms with E-state index >= 15 is 0 Å². The van der Waals surface area contributed by atoms with Gasteiger partial charge in [-0.2, -0.15) is 0 Å². The van der Waals surface area contributed by atoms with Crippen molar-refractivity contribution in [2.24, 2.45) is 5.92 Å². The molecule has 2 aliphatic heterocycles. The normalized spacial score (nSPS) is 22.5. The van der Waals surface area contributed by atoms with Gasteiger partial charge in [0.25, 0.3) is 0 Å². The lowest BCUT2D eigenvalue weighted by molar-refractivity contribution is 0.588. The number of hydrogen-bond donors (Lipinski definition) is 4. The minimum atomic E-state index is 0.329. The lowest BCUT2D eigenvalue weighted by Crippen LogP contribution is -2.14. The summed E-state index contributed by atoms with van der Waals surface area (Å²) in [5, 5.41) is 9.38. The van der Waals surface area contributed by atoms with Crippen LogP contribution in [0.3, 0.4) is 0 Å². The Kier molecular flexibility index (Phi) is 5.21. The van der Waals surface area contributed by atoms with Crippen LogP contribution in [0.4, 0.5) is 0 Å². The number of aromatic amines is 2. The summed E-state index contributed by atoms with van der Waals surface area (Å²) < 4.78 is 0. The van der Waals surface area contributed by atoms with Gasteiger partial charge in [-0.05, 0) is 73.2 Å². The zero-order valence-electron chi connectivity index (χ0n) is 18.8. The average Bonchev–Trinajstić information content (AvgIpc) is 3.64. The molecule has 4 N–H and O–H groups in total. The topological polar surface area (TPSA) is 81.4 Å². The van der Waals surface area contributed by atoms with Gasteiger partial charge in [-0.25, -0.2) is 9.97 Å². The molecule has 0 amide bonds. The number of aromatic nitrogens is 4. The molecule has 2 fully saturated rings. The molecular weight excluding hydrogens is 408 g/mol. The van der Waals surface area contributed by atoms with Gasteiger partial charge in [0, 0.05) is 11.1 Å². The van der Waals surface area contributed by atoms with Gasteiger partial charge in [0.1, 0.15) is 17.3 Å². The first kappa shape index (κ1) is 20.2. The molecule has 4 heterocycles. The maximum Gasteiger partial charge on any atom is 0.124 e. The van der Waals surface area contributed by atoms with Crippen molar-refractivity contribution in [3.05, 3.63) is 71.7 Å². The third kappa shape index (κ3) is 4.18. The first-order valence-electron chi connectivity index (χ1n) is 11.8. The van der Waals surface area contributed by atoms with Crippen molar-refractivity contribution in [3.63, 3.8) is 0 Å². The molecule has 33 heavy (non-hydrogen) atoms. The Morgan fingerprint density at radius 1 is 0.879 bits per heavy atom. The molecule has 2 aromatic heterocycles. The van der Waals surface area contributed by atoms with Gasteiger partial charge < -0.3 is 20.6 Å². The maximum atomic E-state index is 4.63. The summed E-state index contributed by atoms with van der Waals surface area (Å²) in [6.45, 7) is 4.39. The van der Waals surface area contributed by atoms with Crippen LogP contribution in [0, 0.1) is 17.8 Å². The Balaban J connectivity index is 1.20. The second-order valence-electron chi connectivity index (χ2n) is 9.34. The van der Waals surface area contributed by atoms with Crippen molar-refractivity contribution < 1.29 is 0 Å². The first-order valence-corrected chi connectivity index (χ1v) is 11.8. The molecule has 0 bridgehead atoms. The van der Waals surface area contributed by atoms with Gasteiger partial charge in [-0.1, -0.05) is 31.0 Å². The number of H-pyrrole nitrogens is 2. The molecule has 2 saturated heterocycles. The van der Waals surface area contributed by atoms with E-state index < -0.39 is 0 Å². The molecule has 6 nitrogen and oxygen atoms in total. The Bertz CT molecular complexity index is 1350. The van der Waals surface area contributed by atoms with Crippen LogP contribution in [-0.4, -0.2) is 33.0 Å². The van der Waals surface area contributed by atoms with Gasteiger partial charge in [0.15, 0.2) is 0 Å². The van der Waals surface area contributed by atoms with E-state index in [1.54, 1.807) is 0 Å². The minimum absolute atomic E-state index is 0.329. The number of nitrogens with one attached hydrogen (secondary N) is 4. The van der Waals surface area contributed by atoms with E-state index in [0.717, 1.165) is 60.1 Å². The molecule has 6 rings (SSSR count). The fourth-order valence-electron chi connectivity index (χ4n) is 4.91. The summed E-state index contributed by atoms with van der Waals surface area (Å²) in [5.74, 6) is 9.22. The first-order chi connectivity index (χ1) is 16.2. The summed E-state index contributed by atoms with van der Waals surface area (Å²) in [6.07, 6.45) is 7.23. The van der Waals surface area contributed by atoms with Crippen LogP contribution in [-0.2, 0) is 0 Å². The highest BCUT2D eigenvalue weighted by Gasteiger charge is 2.24. The predicted octanol–water partition coefficient (Wildman–Crippen LogP) is 4.45. The Hall–Kier alpha value is -3.40. The maximum absolute atomic E-state index is 4.63. The molecule has 0 aliphatic carbocycles. The molecule has 2 aliphatic rings. The van der Waals surface area contributed by atoms with Gasteiger partial charge in [-0.3, -0.25) is 0 Å². The fourth-order valence-corrected chi connectivity index (χ4v) is 4.91.